The summed E-state index contributed by atoms with van der Waals surface area (Å²) in [6.45, 7) is 3.85. The van der Waals surface area contributed by atoms with Crippen molar-refractivity contribution in [3.05, 3.63) is 64.5 Å². The molecule has 1 N–H and O–H groups in total. The molecule has 3 heterocycles. The van der Waals surface area contributed by atoms with Crippen LogP contribution in [0.4, 0.5) is 10.8 Å². The van der Waals surface area contributed by atoms with E-state index >= 15 is 0 Å². The summed E-state index contributed by atoms with van der Waals surface area (Å²) in [7, 11) is 0. The summed E-state index contributed by atoms with van der Waals surface area (Å²) in [5, 5.41) is 6.25. The van der Waals surface area contributed by atoms with Crippen molar-refractivity contribution in [2.45, 2.75) is 6.54 Å². The van der Waals surface area contributed by atoms with Crippen molar-refractivity contribution in [1.82, 2.24) is 10.3 Å². The number of carbonyl (C=O) groups is 1. The molecule has 3 aromatic rings. The molecule has 27 heavy (non-hydrogen) atoms. The molecular formula is C19H19ClN4O2S. The van der Waals surface area contributed by atoms with Crippen LogP contribution in [0.1, 0.15) is 16.2 Å². The van der Waals surface area contributed by atoms with E-state index < -0.39 is 0 Å². The monoisotopic (exact) mass is 402 g/mol. The van der Waals surface area contributed by atoms with Gasteiger partial charge in [0.2, 0.25) is 0 Å². The Labute approximate surface area is 166 Å². The van der Waals surface area contributed by atoms with Gasteiger partial charge in [0.1, 0.15) is 11.5 Å². The van der Waals surface area contributed by atoms with E-state index in [0.717, 1.165) is 47.8 Å². The number of piperazine rings is 1. The molecule has 0 spiro atoms. The predicted octanol–water partition coefficient (Wildman–Crippen LogP) is 3.65. The predicted molar refractivity (Wildman–Crippen MR) is 108 cm³/mol. The second-order valence-corrected chi connectivity index (χ2v) is 7.50. The lowest BCUT2D eigenvalue weighted by atomic mass is 10.2. The number of carbonyl (C=O) groups excluding carboxylic acids is 1. The molecule has 1 amide bonds. The Kier molecular flexibility index (Phi) is 5.31. The molecule has 2 aromatic heterocycles. The number of nitrogens with one attached hydrogen (secondary N) is 1. The zero-order valence-corrected chi connectivity index (χ0v) is 16.2. The molecular weight excluding hydrogens is 384 g/mol. The molecule has 0 atom stereocenters. The number of halogens is 1. The van der Waals surface area contributed by atoms with Crippen LogP contribution in [-0.4, -0.2) is 37.1 Å². The third kappa shape index (κ3) is 4.26. The fourth-order valence-electron chi connectivity index (χ4n) is 3.01. The summed E-state index contributed by atoms with van der Waals surface area (Å²) >= 11 is 7.59. The first-order chi connectivity index (χ1) is 13.2. The van der Waals surface area contributed by atoms with Crippen LogP contribution in [0, 0.1) is 0 Å². The molecule has 1 aromatic carbocycles. The lowest BCUT2D eigenvalue weighted by molar-refractivity contribution is 0.0944. The van der Waals surface area contributed by atoms with Crippen molar-refractivity contribution >= 4 is 39.7 Å². The minimum absolute atomic E-state index is 0.188. The Morgan fingerprint density at radius 1 is 1.19 bits per heavy atom. The number of nitrogens with zero attached hydrogens (tertiary/aromatic N) is 3. The highest BCUT2D eigenvalue weighted by molar-refractivity contribution is 7.13. The van der Waals surface area contributed by atoms with Crippen LogP contribution in [0.2, 0.25) is 5.02 Å². The Bertz CT molecular complexity index is 904. The van der Waals surface area contributed by atoms with Crippen LogP contribution in [-0.2, 0) is 6.54 Å². The summed E-state index contributed by atoms with van der Waals surface area (Å²) in [6.07, 6.45) is 1.59. The molecule has 4 rings (SSSR count). The van der Waals surface area contributed by atoms with E-state index in [2.05, 4.69) is 26.2 Å². The average molecular weight is 403 g/mol. The van der Waals surface area contributed by atoms with Crippen molar-refractivity contribution in [2.75, 3.05) is 36.0 Å². The van der Waals surface area contributed by atoms with Crippen LogP contribution in [0.5, 0.6) is 0 Å². The van der Waals surface area contributed by atoms with Gasteiger partial charge in [0.05, 0.1) is 12.8 Å². The van der Waals surface area contributed by atoms with E-state index in [1.807, 2.05) is 24.3 Å². The number of anilines is 2. The molecule has 0 unspecified atom stereocenters. The first-order valence-corrected chi connectivity index (χ1v) is 9.96. The highest BCUT2D eigenvalue weighted by Crippen LogP contribution is 2.25. The molecule has 1 aliphatic rings. The maximum Gasteiger partial charge on any atom is 0.271 e. The summed E-state index contributed by atoms with van der Waals surface area (Å²) in [5.74, 6) is 0.530. The van der Waals surface area contributed by atoms with Gasteiger partial charge in [0.15, 0.2) is 5.13 Å². The summed E-state index contributed by atoms with van der Waals surface area (Å²) in [5.41, 5.74) is 1.58. The number of aromatic nitrogens is 1. The van der Waals surface area contributed by atoms with Crippen molar-refractivity contribution in [3.63, 3.8) is 0 Å². The molecule has 8 heteroatoms. The van der Waals surface area contributed by atoms with Gasteiger partial charge in [0, 0.05) is 42.3 Å². The number of thiazole rings is 1. The molecule has 1 aliphatic heterocycles. The van der Waals surface area contributed by atoms with E-state index in [0.29, 0.717) is 12.2 Å². The normalized spacial score (nSPS) is 14.4. The van der Waals surface area contributed by atoms with E-state index in [9.17, 15) is 4.79 Å². The van der Waals surface area contributed by atoms with E-state index in [4.69, 9.17) is 16.0 Å². The number of furan rings is 1. The highest BCUT2D eigenvalue weighted by Gasteiger charge is 2.21. The van der Waals surface area contributed by atoms with Crippen molar-refractivity contribution in [2.24, 2.45) is 0 Å². The Morgan fingerprint density at radius 2 is 2.00 bits per heavy atom. The third-order valence-corrected chi connectivity index (χ3v) is 5.59. The molecule has 6 nitrogen and oxygen atoms in total. The quantitative estimate of drug-likeness (QED) is 0.705. The zero-order chi connectivity index (χ0) is 18.6. The van der Waals surface area contributed by atoms with Crippen LogP contribution in [0.25, 0.3) is 0 Å². The van der Waals surface area contributed by atoms with E-state index in [-0.39, 0.29) is 5.91 Å². The molecule has 1 saturated heterocycles. The maximum absolute atomic E-state index is 12.3. The van der Waals surface area contributed by atoms with Crippen LogP contribution in [0.15, 0.2) is 52.5 Å². The number of hydrogen-bond acceptors (Lipinski definition) is 6. The maximum atomic E-state index is 12.3. The van der Waals surface area contributed by atoms with Crippen LogP contribution in [0.3, 0.4) is 0 Å². The minimum atomic E-state index is -0.188. The number of benzene rings is 1. The van der Waals surface area contributed by atoms with Gasteiger partial charge in [-0.05, 0) is 30.3 Å². The van der Waals surface area contributed by atoms with Crippen LogP contribution >= 0.6 is 22.9 Å². The largest absolute Gasteiger partial charge is 0.467 e. The van der Waals surface area contributed by atoms with Gasteiger partial charge in [0.25, 0.3) is 5.91 Å². The van der Waals surface area contributed by atoms with Gasteiger partial charge < -0.3 is 19.5 Å². The molecule has 1 fully saturated rings. The molecule has 0 bridgehead atoms. The van der Waals surface area contributed by atoms with E-state index in [1.165, 1.54) is 11.3 Å². The Hall–Kier alpha value is -2.51. The van der Waals surface area contributed by atoms with Crippen LogP contribution < -0.4 is 15.1 Å². The zero-order valence-electron chi connectivity index (χ0n) is 14.6. The molecule has 0 aliphatic carbocycles. The Morgan fingerprint density at radius 3 is 2.74 bits per heavy atom. The first kappa shape index (κ1) is 17.9. The van der Waals surface area contributed by atoms with Crippen molar-refractivity contribution in [1.29, 1.82) is 0 Å². The summed E-state index contributed by atoms with van der Waals surface area (Å²) < 4.78 is 5.22. The van der Waals surface area contributed by atoms with E-state index in [1.54, 1.807) is 17.7 Å². The standard InChI is InChI=1S/C19H19ClN4O2S/c20-14-3-1-4-15(11-14)23-6-8-24(9-7-23)19-22-17(13-27-19)18(25)21-12-16-5-2-10-26-16/h1-5,10-11,13H,6-9,12H2,(H,21,25). The lowest BCUT2D eigenvalue weighted by Crippen LogP contribution is -2.46. The fourth-order valence-corrected chi connectivity index (χ4v) is 4.06. The minimum Gasteiger partial charge on any atom is -0.467 e. The van der Waals surface area contributed by atoms with Gasteiger partial charge >= 0.3 is 0 Å². The average Bonchev–Trinajstić information content (AvgIpc) is 3.38. The summed E-state index contributed by atoms with van der Waals surface area (Å²) in [6, 6.07) is 11.5. The molecule has 0 radical (unpaired) electrons. The third-order valence-electron chi connectivity index (χ3n) is 4.45. The van der Waals surface area contributed by atoms with Gasteiger partial charge in [-0.25, -0.2) is 4.98 Å². The lowest BCUT2D eigenvalue weighted by Gasteiger charge is -2.36. The number of hydrogen-bond donors (Lipinski definition) is 1. The highest BCUT2D eigenvalue weighted by atomic mass is 35.5. The SMILES string of the molecule is O=C(NCc1ccco1)c1csc(N2CCN(c3cccc(Cl)c3)CC2)n1. The second kappa shape index (κ2) is 8.02. The van der Waals surface area contributed by atoms with Crippen molar-refractivity contribution < 1.29 is 9.21 Å². The van der Waals surface area contributed by atoms with Gasteiger partial charge in [-0.15, -0.1) is 11.3 Å². The van der Waals surface area contributed by atoms with Gasteiger partial charge in [-0.2, -0.15) is 0 Å². The van der Waals surface area contributed by atoms with Crippen molar-refractivity contribution in [3.8, 4) is 0 Å². The molecule has 140 valence electrons. The number of amides is 1. The number of rotatable bonds is 5. The molecule has 0 saturated carbocycles. The first-order valence-electron chi connectivity index (χ1n) is 8.70. The van der Waals surface area contributed by atoms with Gasteiger partial charge in [-0.1, -0.05) is 17.7 Å². The summed E-state index contributed by atoms with van der Waals surface area (Å²) in [4.78, 5) is 21.3. The fraction of sp³-hybridized carbons (Fsp3) is 0.263. The second-order valence-electron chi connectivity index (χ2n) is 6.23. The van der Waals surface area contributed by atoms with Gasteiger partial charge in [-0.3, -0.25) is 4.79 Å². The topological polar surface area (TPSA) is 61.6 Å². The Balaban J connectivity index is 1.33. The smallest absolute Gasteiger partial charge is 0.271 e.